The number of nitrogens with two attached hydrogens (primary N) is 1. The van der Waals surface area contributed by atoms with E-state index < -0.39 is 0 Å². The summed E-state index contributed by atoms with van der Waals surface area (Å²) in [7, 11) is 0. The monoisotopic (exact) mass is 213 g/mol. The predicted octanol–water partition coefficient (Wildman–Crippen LogP) is 4.36. The van der Waals surface area contributed by atoms with E-state index in [-0.39, 0.29) is 0 Å². The Labute approximate surface area is 96.8 Å². The summed E-state index contributed by atoms with van der Waals surface area (Å²) in [6.07, 6.45) is 9.29. The molecule has 0 saturated carbocycles. The Kier molecular flexibility index (Phi) is 8.13. The minimum Gasteiger partial charge on any atom is -0.330 e. The number of hydrogen-bond acceptors (Lipinski definition) is 1. The molecule has 15 heavy (non-hydrogen) atoms. The molecule has 0 aliphatic carbocycles. The van der Waals surface area contributed by atoms with Crippen molar-refractivity contribution < 1.29 is 0 Å². The van der Waals surface area contributed by atoms with Gasteiger partial charge < -0.3 is 5.73 Å². The van der Waals surface area contributed by atoms with Gasteiger partial charge in [0, 0.05) is 0 Å². The summed E-state index contributed by atoms with van der Waals surface area (Å²) in [6.45, 7) is 10.1. The second-order valence-electron chi connectivity index (χ2n) is 5.39. The molecule has 0 aliphatic rings. The molecular weight excluding hydrogens is 182 g/mol. The highest BCUT2D eigenvalue weighted by Gasteiger charge is 2.24. The number of unbranched alkanes of at least 4 members (excludes halogenated alkanes) is 1. The van der Waals surface area contributed by atoms with Gasteiger partial charge in [-0.2, -0.15) is 0 Å². The van der Waals surface area contributed by atoms with E-state index in [4.69, 9.17) is 5.73 Å². The van der Waals surface area contributed by atoms with Gasteiger partial charge in [0.15, 0.2) is 0 Å². The van der Waals surface area contributed by atoms with Crippen molar-refractivity contribution in [3.05, 3.63) is 0 Å². The summed E-state index contributed by atoms with van der Waals surface area (Å²) >= 11 is 0. The minimum absolute atomic E-state index is 0.392. The first-order valence-electron chi connectivity index (χ1n) is 6.81. The number of rotatable bonds is 9. The topological polar surface area (TPSA) is 26.0 Å². The normalized spacial score (nSPS) is 17.4. The second-order valence-corrected chi connectivity index (χ2v) is 5.39. The van der Waals surface area contributed by atoms with Crippen molar-refractivity contribution in [2.24, 2.45) is 17.1 Å². The summed E-state index contributed by atoms with van der Waals surface area (Å²) in [4.78, 5) is 0. The van der Waals surface area contributed by atoms with Crippen LogP contribution in [0.25, 0.3) is 0 Å². The molecular formula is C14H31N. The SMILES string of the molecule is CCCCC(CC)CC(C)(CN)CCC. The van der Waals surface area contributed by atoms with E-state index in [0.29, 0.717) is 5.41 Å². The van der Waals surface area contributed by atoms with E-state index in [9.17, 15) is 0 Å². The maximum atomic E-state index is 5.92. The molecule has 0 spiro atoms. The molecule has 0 radical (unpaired) electrons. The molecule has 92 valence electrons. The van der Waals surface area contributed by atoms with Crippen LogP contribution in [0.2, 0.25) is 0 Å². The molecule has 1 heteroatoms. The van der Waals surface area contributed by atoms with Crippen molar-refractivity contribution in [2.75, 3.05) is 6.54 Å². The summed E-state index contributed by atoms with van der Waals surface area (Å²) in [5.41, 5.74) is 6.32. The summed E-state index contributed by atoms with van der Waals surface area (Å²) in [5, 5.41) is 0. The fourth-order valence-corrected chi connectivity index (χ4v) is 2.53. The zero-order valence-electron chi connectivity index (χ0n) is 11.3. The molecule has 0 aliphatic heterocycles. The maximum Gasteiger partial charge on any atom is -0.00231 e. The van der Waals surface area contributed by atoms with Gasteiger partial charge in [0.2, 0.25) is 0 Å². The first-order valence-corrected chi connectivity index (χ1v) is 6.81. The van der Waals surface area contributed by atoms with Crippen LogP contribution in [0.4, 0.5) is 0 Å². The van der Waals surface area contributed by atoms with Gasteiger partial charge in [-0.05, 0) is 30.7 Å². The highest BCUT2D eigenvalue weighted by atomic mass is 14.6. The van der Waals surface area contributed by atoms with Gasteiger partial charge in [-0.15, -0.1) is 0 Å². The Morgan fingerprint density at radius 2 is 1.80 bits per heavy atom. The fourth-order valence-electron chi connectivity index (χ4n) is 2.53. The number of hydrogen-bond donors (Lipinski definition) is 1. The van der Waals surface area contributed by atoms with Crippen LogP contribution < -0.4 is 5.73 Å². The third-order valence-corrected chi connectivity index (χ3v) is 3.67. The van der Waals surface area contributed by atoms with Crippen molar-refractivity contribution >= 4 is 0 Å². The smallest absolute Gasteiger partial charge is 0.00231 e. The molecule has 0 bridgehead atoms. The Balaban J connectivity index is 4.09. The Bertz CT molecular complexity index is 144. The Morgan fingerprint density at radius 1 is 1.13 bits per heavy atom. The maximum absolute atomic E-state index is 5.92. The Hall–Kier alpha value is -0.0400. The second kappa shape index (κ2) is 8.15. The van der Waals surface area contributed by atoms with Gasteiger partial charge in [-0.25, -0.2) is 0 Å². The van der Waals surface area contributed by atoms with Crippen LogP contribution in [0.15, 0.2) is 0 Å². The van der Waals surface area contributed by atoms with Crippen LogP contribution in [0, 0.1) is 11.3 Å². The lowest BCUT2D eigenvalue weighted by molar-refractivity contribution is 0.214. The molecule has 0 heterocycles. The summed E-state index contributed by atoms with van der Waals surface area (Å²) in [6, 6.07) is 0. The standard InChI is InChI=1S/C14H31N/c1-5-8-9-13(7-3)11-14(4,12-15)10-6-2/h13H,5-12,15H2,1-4H3. The highest BCUT2D eigenvalue weighted by molar-refractivity contribution is 4.78. The van der Waals surface area contributed by atoms with Crippen molar-refractivity contribution in [3.63, 3.8) is 0 Å². The van der Waals surface area contributed by atoms with Crippen LogP contribution in [0.3, 0.4) is 0 Å². The fraction of sp³-hybridized carbons (Fsp3) is 1.00. The first kappa shape index (κ1) is 15.0. The molecule has 0 aromatic carbocycles. The minimum atomic E-state index is 0.392. The zero-order valence-corrected chi connectivity index (χ0v) is 11.3. The molecule has 2 atom stereocenters. The average molecular weight is 213 g/mol. The lowest BCUT2D eigenvalue weighted by Gasteiger charge is -2.32. The first-order chi connectivity index (χ1) is 7.11. The van der Waals surface area contributed by atoms with Crippen molar-refractivity contribution in [1.29, 1.82) is 0 Å². The van der Waals surface area contributed by atoms with Crippen molar-refractivity contribution in [1.82, 2.24) is 0 Å². The molecule has 1 nitrogen and oxygen atoms in total. The molecule has 0 amide bonds. The van der Waals surface area contributed by atoms with E-state index in [1.165, 1.54) is 44.9 Å². The van der Waals surface area contributed by atoms with Gasteiger partial charge in [0.25, 0.3) is 0 Å². The summed E-state index contributed by atoms with van der Waals surface area (Å²) < 4.78 is 0. The molecule has 0 saturated heterocycles. The van der Waals surface area contributed by atoms with E-state index in [1.807, 2.05) is 0 Å². The van der Waals surface area contributed by atoms with Crippen molar-refractivity contribution in [3.8, 4) is 0 Å². The summed E-state index contributed by atoms with van der Waals surface area (Å²) in [5.74, 6) is 0.894. The molecule has 0 aromatic rings. The van der Waals surface area contributed by atoms with Crippen LogP contribution in [-0.4, -0.2) is 6.54 Å². The van der Waals surface area contributed by atoms with Gasteiger partial charge in [0.1, 0.15) is 0 Å². The van der Waals surface area contributed by atoms with E-state index in [2.05, 4.69) is 27.7 Å². The lowest BCUT2D eigenvalue weighted by Crippen LogP contribution is -2.29. The third-order valence-electron chi connectivity index (χ3n) is 3.67. The van der Waals surface area contributed by atoms with E-state index in [1.54, 1.807) is 0 Å². The Morgan fingerprint density at radius 3 is 2.20 bits per heavy atom. The molecule has 0 rings (SSSR count). The van der Waals surface area contributed by atoms with Gasteiger partial charge in [0.05, 0.1) is 0 Å². The lowest BCUT2D eigenvalue weighted by atomic mass is 9.75. The van der Waals surface area contributed by atoms with Gasteiger partial charge >= 0.3 is 0 Å². The largest absolute Gasteiger partial charge is 0.330 e. The average Bonchev–Trinajstić information content (AvgIpc) is 2.24. The predicted molar refractivity (Wildman–Crippen MR) is 70.0 cm³/mol. The van der Waals surface area contributed by atoms with Crippen LogP contribution in [0.1, 0.15) is 72.6 Å². The third kappa shape index (κ3) is 6.19. The van der Waals surface area contributed by atoms with Crippen LogP contribution in [-0.2, 0) is 0 Å². The van der Waals surface area contributed by atoms with Crippen molar-refractivity contribution in [2.45, 2.75) is 72.6 Å². The van der Waals surface area contributed by atoms with Gasteiger partial charge in [-0.3, -0.25) is 0 Å². The zero-order chi connectivity index (χ0) is 11.7. The van der Waals surface area contributed by atoms with Crippen LogP contribution >= 0.6 is 0 Å². The van der Waals surface area contributed by atoms with E-state index in [0.717, 1.165) is 12.5 Å². The molecule has 2 unspecified atom stereocenters. The van der Waals surface area contributed by atoms with Gasteiger partial charge in [-0.1, -0.05) is 59.8 Å². The highest BCUT2D eigenvalue weighted by Crippen LogP contribution is 2.33. The molecule has 2 N–H and O–H groups in total. The molecule has 0 fully saturated rings. The molecule has 0 aromatic heterocycles. The van der Waals surface area contributed by atoms with Crippen LogP contribution in [0.5, 0.6) is 0 Å². The quantitative estimate of drug-likeness (QED) is 0.605. The van der Waals surface area contributed by atoms with E-state index >= 15 is 0 Å².